The number of amides is 1. The molecule has 0 radical (unpaired) electrons. The second-order valence-electron chi connectivity index (χ2n) is 4.85. The molecular weight excluding hydrogens is 308 g/mol. The van der Waals surface area contributed by atoms with Gasteiger partial charge in [0.2, 0.25) is 10.0 Å². The van der Waals surface area contributed by atoms with Gasteiger partial charge in [0.15, 0.2) is 0 Å². The molecule has 0 saturated carbocycles. The van der Waals surface area contributed by atoms with Gasteiger partial charge in [0.1, 0.15) is 0 Å². The molecule has 22 heavy (non-hydrogen) atoms. The number of primary sulfonamides is 1. The van der Waals surface area contributed by atoms with Gasteiger partial charge in [-0.3, -0.25) is 4.79 Å². The SMILES string of the molecule is CCCN(CCC)C(=O)c1ccc(S(N)(=O)=O)c(C(=O)O)c1. The monoisotopic (exact) mass is 328 g/mol. The van der Waals surface area contributed by atoms with Gasteiger partial charge in [-0.1, -0.05) is 13.8 Å². The average Bonchev–Trinajstić information content (AvgIpc) is 2.44. The number of aromatic carboxylic acids is 1. The van der Waals surface area contributed by atoms with Crippen molar-refractivity contribution in [1.29, 1.82) is 0 Å². The molecule has 0 saturated heterocycles. The Kier molecular flexibility index (Phi) is 6.07. The molecule has 0 aliphatic heterocycles. The summed E-state index contributed by atoms with van der Waals surface area (Å²) in [5.41, 5.74) is -0.368. The fourth-order valence-electron chi connectivity index (χ4n) is 2.12. The van der Waals surface area contributed by atoms with Gasteiger partial charge in [-0.25, -0.2) is 18.4 Å². The molecule has 7 nitrogen and oxygen atoms in total. The van der Waals surface area contributed by atoms with Crippen molar-refractivity contribution in [1.82, 2.24) is 4.90 Å². The third-order valence-corrected chi connectivity index (χ3v) is 4.01. The van der Waals surface area contributed by atoms with E-state index in [1.807, 2.05) is 13.8 Å². The van der Waals surface area contributed by atoms with E-state index in [1.54, 1.807) is 4.90 Å². The Hall–Kier alpha value is -1.93. The zero-order valence-electron chi connectivity index (χ0n) is 12.6. The van der Waals surface area contributed by atoms with Gasteiger partial charge >= 0.3 is 5.97 Å². The van der Waals surface area contributed by atoms with Crippen LogP contribution in [-0.2, 0) is 10.0 Å². The van der Waals surface area contributed by atoms with E-state index in [9.17, 15) is 18.0 Å². The van der Waals surface area contributed by atoms with Crippen LogP contribution in [0.4, 0.5) is 0 Å². The number of hydrogen-bond donors (Lipinski definition) is 2. The summed E-state index contributed by atoms with van der Waals surface area (Å²) in [5, 5.41) is 14.1. The molecule has 0 heterocycles. The maximum absolute atomic E-state index is 12.4. The maximum atomic E-state index is 12.4. The molecule has 0 atom stereocenters. The summed E-state index contributed by atoms with van der Waals surface area (Å²) >= 11 is 0. The van der Waals surface area contributed by atoms with Gasteiger partial charge in [-0.15, -0.1) is 0 Å². The predicted octanol–water partition coefficient (Wildman–Crippen LogP) is 1.29. The third kappa shape index (κ3) is 4.28. The largest absolute Gasteiger partial charge is 0.478 e. The van der Waals surface area contributed by atoms with Gasteiger partial charge in [-0.05, 0) is 31.0 Å². The summed E-state index contributed by atoms with van der Waals surface area (Å²) in [5.74, 6) is -1.77. The highest BCUT2D eigenvalue weighted by Gasteiger charge is 2.22. The predicted molar refractivity (Wildman–Crippen MR) is 81.3 cm³/mol. The second kappa shape index (κ2) is 7.37. The van der Waals surface area contributed by atoms with Crippen LogP contribution in [0, 0.1) is 0 Å². The van der Waals surface area contributed by atoms with Crippen LogP contribution in [-0.4, -0.2) is 43.4 Å². The van der Waals surface area contributed by atoms with Crippen LogP contribution < -0.4 is 5.14 Å². The zero-order chi connectivity index (χ0) is 16.9. The molecule has 0 fully saturated rings. The number of carbonyl (C=O) groups is 2. The summed E-state index contributed by atoms with van der Waals surface area (Å²) in [6.45, 7) is 4.96. The Morgan fingerprint density at radius 2 is 1.73 bits per heavy atom. The zero-order valence-corrected chi connectivity index (χ0v) is 13.4. The maximum Gasteiger partial charge on any atom is 0.337 e. The number of hydrogen-bond acceptors (Lipinski definition) is 4. The number of benzene rings is 1. The minimum absolute atomic E-state index is 0.131. The summed E-state index contributed by atoms with van der Waals surface area (Å²) in [4.78, 5) is 24.7. The second-order valence-corrected chi connectivity index (χ2v) is 6.38. The molecule has 1 aromatic carbocycles. The van der Waals surface area contributed by atoms with Crippen molar-refractivity contribution in [2.24, 2.45) is 5.14 Å². The number of nitrogens with zero attached hydrogens (tertiary/aromatic N) is 1. The summed E-state index contributed by atoms with van der Waals surface area (Å²) in [6.07, 6.45) is 1.54. The van der Waals surface area contributed by atoms with Crippen molar-refractivity contribution in [2.45, 2.75) is 31.6 Å². The molecular formula is C14H20N2O5S. The molecule has 0 aliphatic rings. The van der Waals surface area contributed by atoms with Crippen molar-refractivity contribution in [3.63, 3.8) is 0 Å². The molecule has 3 N–H and O–H groups in total. The first-order valence-electron chi connectivity index (χ1n) is 6.91. The molecule has 1 amide bonds. The highest BCUT2D eigenvalue weighted by atomic mass is 32.2. The van der Waals surface area contributed by atoms with Gasteiger partial charge < -0.3 is 10.0 Å². The minimum Gasteiger partial charge on any atom is -0.478 e. The molecule has 0 bridgehead atoms. The average molecular weight is 328 g/mol. The third-order valence-electron chi connectivity index (χ3n) is 3.04. The highest BCUT2D eigenvalue weighted by Crippen LogP contribution is 2.18. The molecule has 8 heteroatoms. The number of sulfonamides is 1. The van der Waals surface area contributed by atoms with E-state index in [1.165, 1.54) is 6.07 Å². The topological polar surface area (TPSA) is 118 Å². The lowest BCUT2D eigenvalue weighted by Crippen LogP contribution is -2.32. The molecule has 0 aliphatic carbocycles. The van der Waals surface area contributed by atoms with E-state index in [4.69, 9.17) is 10.2 Å². The van der Waals surface area contributed by atoms with Crippen LogP contribution in [0.2, 0.25) is 0 Å². The smallest absolute Gasteiger partial charge is 0.337 e. The first kappa shape index (κ1) is 18.1. The molecule has 0 unspecified atom stereocenters. The van der Waals surface area contributed by atoms with Crippen molar-refractivity contribution >= 4 is 21.9 Å². The van der Waals surface area contributed by atoms with Crippen molar-refractivity contribution in [3.05, 3.63) is 29.3 Å². The van der Waals surface area contributed by atoms with E-state index < -0.39 is 26.5 Å². The van der Waals surface area contributed by atoms with Crippen LogP contribution >= 0.6 is 0 Å². The lowest BCUT2D eigenvalue weighted by atomic mass is 10.1. The van der Waals surface area contributed by atoms with E-state index >= 15 is 0 Å². The van der Waals surface area contributed by atoms with Gasteiger partial charge in [0.05, 0.1) is 10.5 Å². The van der Waals surface area contributed by atoms with Crippen LogP contribution in [0.1, 0.15) is 47.4 Å². The summed E-state index contributed by atoms with van der Waals surface area (Å²) in [6, 6.07) is 3.40. The van der Waals surface area contributed by atoms with Crippen LogP contribution in [0.25, 0.3) is 0 Å². The first-order valence-corrected chi connectivity index (χ1v) is 8.46. The minimum atomic E-state index is -4.17. The van der Waals surface area contributed by atoms with Crippen LogP contribution in [0.5, 0.6) is 0 Å². The standard InChI is InChI=1S/C14H20N2O5S/c1-3-7-16(8-4-2)13(17)10-5-6-12(22(15,20)21)11(9-10)14(18)19/h5-6,9H,3-4,7-8H2,1-2H3,(H,18,19)(H2,15,20,21). The lowest BCUT2D eigenvalue weighted by molar-refractivity contribution is 0.0692. The van der Waals surface area contributed by atoms with Crippen molar-refractivity contribution < 1.29 is 23.1 Å². The van der Waals surface area contributed by atoms with Crippen molar-refractivity contribution in [2.75, 3.05) is 13.1 Å². The Morgan fingerprint density at radius 1 is 1.18 bits per heavy atom. The fourth-order valence-corrected chi connectivity index (χ4v) is 2.83. The molecule has 122 valence electrons. The number of carboxylic acid groups (broad SMARTS) is 1. The van der Waals surface area contributed by atoms with E-state index in [0.717, 1.165) is 25.0 Å². The first-order chi connectivity index (χ1) is 10.2. The van der Waals surface area contributed by atoms with E-state index in [2.05, 4.69) is 0 Å². The van der Waals surface area contributed by atoms with Gasteiger partial charge in [0, 0.05) is 18.7 Å². The number of nitrogens with two attached hydrogens (primary N) is 1. The van der Waals surface area contributed by atoms with Gasteiger partial charge in [0.25, 0.3) is 5.91 Å². The fraction of sp³-hybridized carbons (Fsp3) is 0.429. The number of rotatable bonds is 7. The van der Waals surface area contributed by atoms with E-state index in [-0.39, 0.29) is 11.5 Å². The lowest BCUT2D eigenvalue weighted by Gasteiger charge is -2.21. The Balaban J connectivity index is 3.29. The summed E-state index contributed by atoms with van der Waals surface area (Å²) in [7, 11) is -4.17. The Bertz CT molecular complexity index is 664. The molecule has 0 spiro atoms. The van der Waals surface area contributed by atoms with Gasteiger partial charge in [-0.2, -0.15) is 0 Å². The van der Waals surface area contributed by atoms with Crippen LogP contribution in [0.15, 0.2) is 23.1 Å². The molecule has 1 rings (SSSR count). The van der Waals surface area contributed by atoms with Crippen molar-refractivity contribution in [3.8, 4) is 0 Å². The Labute approximate surface area is 129 Å². The normalized spacial score (nSPS) is 11.2. The highest BCUT2D eigenvalue weighted by molar-refractivity contribution is 7.89. The number of carbonyl (C=O) groups excluding carboxylic acids is 1. The molecule has 0 aromatic heterocycles. The number of carboxylic acids is 1. The quantitative estimate of drug-likeness (QED) is 0.782. The van der Waals surface area contributed by atoms with E-state index in [0.29, 0.717) is 13.1 Å². The molecule has 1 aromatic rings. The Morgan fingerprint density at radius 3 is 2.14 bits per heavy atom. The van der Waals surface area contributed by atoms with Crippen LogP contribution in [0.3, 0.4) is 0 Å². The summed E-state index contributed by atoms with van der Waals surface area (Å²) < 4.78 is 22.8.